The fourth-order valence-electron chi connectivity index (χ4n) is 0.760. The second kappa shape index (κ2) is 3.66. The molecule has 0 amide bonds. The van der Waals surface area contributed by atoms with E-state index < -0.39 is 0 Å². The Balaban J connectivity index is 2.81. The van der Waals surface area contributed by atoms with Gasteiger partial charge in [-0.1, -0.05) is 29.8 Å². The van der Waals surface area contributed by atoms with Crippen molar-refractivity contribution in [2.45, 2.75) is 6.92 Å². The Hall–Kier alpha value is -1.44. The van der Waals surface area contributed by atoms with Gasteiger partial charge in [-0.15, -0.1) is 0 Å². The van der Waals surface area contributed by atoms with Crippen LogP contribution >= 0.6 is 0 Å². The molecule has 0 unspecified atom stereocenters. The van der Waals surface area contributed by atoms with Crippen LogP contribution in [0.1, 0.15) is 11.1 Å². The number of rotatable bonds is 2. The van der Waals surface area contributed by atoms with Gasteiger partial charge in [-0.25, -0.2) is 0 Å². The van der Waals surface area contributed by atoms with E-state index >= 15 is 0 Å². The lowest BCUT2D eigenvalue weighted by molar-refractivity contribution is 1.28. The first-order valence-corrected chi connectivity index (χ1v) is 3.38. The maximum absolute atomic E-state index is 3.66. The molecule has 0 N–H and O–H groups in total. The molecule has 0 saturated heterocycles. The molecule has 0 saturated carbocycles. The Morgan fingerprint density at radius 1 is 1.27 bits per heavy atom. The zero-order chi connectivity index (χ0) is 8.10. The molecule has 0 aliphatic rings. The smallest absolute Gasteiger partial charge is 0.0567 e. The summed E-state index contributed by atoms with van der Waals surface area (Å²) in [6.45, 7) is 5.29. The first kappa shape index (κ1) is 7.66. The van der Waals surface area contributed by atoms with Crippen molar-refractivity contribution in [2.75, 3.05) is 0 Å². The molecule has 11 heavy (non-hydrogen) atoms. The van der Waals surface area contributed by atoms with Crippen LogP contribution in [0, 0.1) is 6.92 Å². The summed E-state index contributed by atoms with van der Waals surface area (Å²) in [5.41, 5.74) is 2.29. The Bertz CT molecular complexity index is 259. The third kappa shape index (κ3) is 2.34. The molecular formula is C9H10N2. The summed E-state index contributed by atoms with van der Waals surface area (Å²) in [5, 5.41) is 7.03. The molecule has 0 aromatic heterocycles. The van der Waals surface area contributed by atoms with Crippen molar-refractivity contribution in [3.8, 4) is 0 Å². The van der Waals surface area contributed by atoms with Gasteiger partial charge in [-0.3, -0.25) is 0 Å². The predicted octanol–water partition coefficient (Wildman–Crippen LogP) is 2.03. The van der Waals surface area contributed by atoms with Crippen molar-refractivity contribution < 1.29 is 0 Å². The molecule has 0 atom stereocenters. The molecule has 0 radical (unpaired) electrons. The van der Waals surface area contributed by atoms with Gasteiger partial charge in [0.2, 0.25) is 0 Å². The number of hydrogen-bond acceptors (Lipinski definition) is 2. The molecule has 1 aromatic carbocycles. The van der Waals surface area contributed by atoms with E-state index in [0.717, 1.165) is 5.56 Å². The third-order valence-electron chi connectivity index (χ3n) is 1.37. The van der Waals surface area contributed by atoms with Crippen LogP contribution in [-0.2, 0) is 0 Å². The fraction of sp³-hybridized carbons (Fsp3) is 0.111. The second-order valence-corrected chi connectivity index (χ2v) is 2.30. The van der Waals surface area contributed by atoms with E-state index in [2.05, 4.69) is 16.9 Å². The minimum Gasteiger partial charge on any atom is -0.167 e. The zero-order valence-electron chi connectivity index (χ0n) is 6.49. The third-order valence-corrected chi connectivity index (χ3v) is 1.37. The summed E-state index contributed by atoms with van der Waals surface area (Å²) in [7, 11) is 0. The van der Waals surface area contributed by atoms with Crippen LogP contribution in [0.4, 0.5) is 0 Å². The van der Waals surface area contributed by atoms with E-state index in [-0.39, 0.29) is 0 Å². The molecule has 0 aliphatic carbocycles. The van der Waals surface area contributed by atoms with Gasteiger partial charge in [-0.05, 0) is 12.5 Å². The summed E-state index contributed by atoms with van der Waals surface area (Å²) in [5.74, 6) is 0. The highest BCUT2D eigenvalue weighted by molar-refractivity contribution is 5.79. The molecule has 0 fully saturated rings. The molecule has 0 bridgehead atoms. The normalized spacial score (nSPS) is 10.3. The number of aryl methyl sites for hydroxylation is 1. The Morgan fingerprint density at radius 3 is 2.45 bits per heavy atom. The van der Waals surface area contributed by atoms with Gasteiger partial charge in [0.15, 0.2) is 0 Å². The van der Waals surface area contributed by atoms with E-state index in [9.17, 15) is 0 Å². The molecule has 0 heterocycles. The van der Waals surface area contributed by atoms with E-state index in [1.54, 1.807) is 6.21 Å². The molecule has 56 valence electrons. The van der Waals surface area contributed by atoms with Crippen LogP contribution in [0.25, 0.3) is 0 Å². The van der Waals surface area contributed by atoms with E-state index in [0.29, 0.717) is 0 Å². The second-order valence-electron chi connectivity index (χ2n) is 2.30. The summed E-state index contributed by atoms with van der Waals surface area (Å²) < 4.78 is 0. The largest absolute Gasteiger partial charge is 0.167 e. The minimum atomic E-state index is 1.04. The van der Waals surface area contributed by atoms with Gasteiger partial charge in [0.25, 0.3) is 0 Å². The average molecular weight is 146 g/mol. The molecule has 0 aliphatic heterocycles. The van der Waals surface area contributed by atoms with Crippen molar-refractivity contribution in [3.05, 3.63) is 35.4 Å². The minimum absolute atomic E-state index is 1.04. The molecule has 1 aromatic rings. The zero-order valence-corrected chi connectivity index (χ0v) is 6.49. The van der Waals surface area contributed by atoms with Crippen molar-refractivity contribution in [3.63, 3.8) is 0 Å². The summed E-state index contributed by atoms with van der Waals surface area (Å²) in [6, 6.07) is 8.04. The van der Waals surface area contributed by atoms with E-state index in [1.165, 1.54) is 5.56 Å². The van der Waals surface area contributed by atoms with E-state index in [1.807, 2.05) is 31.2 Å². The summed E-state index contributed by atoms with van der Waals surface area (Å²) >= 11 is 0. The Morgan fingerprint density at radius 2 is 1.91 bits per heavy atom. The van der Waals surface area contributed by atoms with Gasteiger partial charge in [0.05, 0.1) is 6.21 Å². The lowest BCUT2D eigenvalue weighted by atomic mass is 10.2. The lowest BCUT2D eigenvalue weighted by Gasteiger charge is -1.91. The molecule has 2 heteroatoms. The van der Waals surface area contributed by atoms with Crippen LogP contribution in [0.3, 0.4) is 0 Å². The van der Waals surface area contributed by atoms with Gasteiger partial charge in [0, 0.05) is 6.72 Å². The van der Waals surface area contributed by atoms with Crippen molar-refractivity contribution in [1.82, 2.24) is 0 Å². The Kier molecular flexibility index (Phi) is 2.55. The monoisotopic (exact) mass is 146 g/mol. The Labute approximate surface area is 66.3 Å². The van der Waals surface area contributed by atoms with Gasteiger partial charge in [-0.2, -0.15) is 10.2 Å². The fourth-order valence-corrected chi connectivity index (χ4v) is 0.760. The average Bonchev–Trinajstić information content (AvgIpc) is 2.04. The van der Waals surface area contributed by atoms with Crippen molar-refractivity contribution in [2.24, 2.45) is 10.2 Å². The van der Waals surface area contributed by atoms with Crippen molar-refractivity contribution in [1.29, 1.82) is 0 Å². The molecule has 0 spiro atoms. The summed E-state index contributed by atoms with van der Waals surface area (Å²) in [4.78, 5) is 0. The highest BCUT2D eigenvalue weighted by atomic mass is 15.2. The first-order valence-electron chi connectivity index (χ1n) is 3.38. The SMILES string of the molecule is C=N/N=C/c1ccc(C)cc1. The van der Waals surface area contributed by atoms with E-state index in [4.69, 9.17) is 0 Å². The summed E-state index contributed by atoms with van der Waals surface area (Å²) in [6.07, 6.45) is 1.67. The standard InChI is InChI=1S/C9H10N2/c1-8-3-5-9(6-4-8)7-11-10-2/h3-7H,2H2,1H3/b11-7+. The highest BCUT2D eigenvalue weighted by Gasteiger charge is 1.84. The molecule has 2 nitrogen and oxygen atoms in total. The lowest BCUT2D eigenvalue weighted by Crippen LogP contribution is -1.79. The topological polar surface area (TPSA) is 24.7 Å². The number of hydrogen-bond donors (Lipinski definition) is 0. The molecule has 1 rings (SSSR count). The van der Waals surface area contributed by atoms with Gasteiger partial charge < -0.3 is 0 Å². The van der Waals surface area contributed by atoms with Crippen LogP contribution in [-0.4, -0.2) is 12.9 Å². The number of benzene rings is 1. The van der Waals surface area contributed by atoms with Crippen LogP contribution in [0.2, 0.25) is 0 Å². The number of nitrogens with zero attached hydrogens (tertiary/aromatic N) is 2. The maximum atomic E-state index is 3.66. The van der Waals surface area contributed by atoms with Gasteiger partial charge >= 0.3 is 0 Å². The predicted molar refractivity (Wildman–Crippen MR) is 48.3 cm³/mol. The van der Waals surface area contributed by atoms with Crippen molar-refractivity contribution >= 4 is 12.9 Å². The highest BCUT2D eigenvalue weighted by Crippen LogP contribution is 1.99. The first-order chi connectivity index (χ1) is 5.33. The van der Waals surface area contributed by atoms with Gasteiger partial charge in [0.1, 0.15) is 0 Å². The van der Waals surface area contributed by atoms with Crippen LogP contribution in [0.15, 0.2) is 34.5 Å². The maximum Gasteiger partial charge on any atom is 0.0567 e. The van der Waals surface area contributed by atoms with Crippen LogP contribution < -0.4 is 0 Å². The van der Waals surface area contributed by atoms with Crippen LogP contribution in [0.5, 0.6) is 0 Å². The molecular weight excluding hydrogens is 136 g/mol. The quantitative estimate of drug-likeness (QED) is 0.450.